The molecule has 0 spiro atoms. The van der Waals surface area contributed by atoms with E-state index in [2.05, 4.69) is 10.6 Å². The second-order valence-electron chi connectivity index (χ2n) is 3.76. The SMILES string of the molecule is CNC(C)CNC(=O)Cc1ccccc1Cl. The first-order valence-electron chi connectivity index (χ1n) is 5.31. The van der Waals surface area contributed by atoms with Crippen molar-refractivity contribution < 1.29 is 4.79 Å². The molecule has 0 heterocycles. The highest BCUT2D eigenvalue weighted by molar-refractivity contribution is 6.31. The summed E-state index contributed by atoms with van der Waals surface area (Å²) >= 11 is 5.97. The Labute approximate surface area is 101 Å². The number of amides is 1. The maximum Gasteiger partial charge on any atom is 0.224 e. The lowest BCUT2D eigenvalue weighted by Gasteiger charge is -2.11. The zero-order chi connectivity index (χ0) is 12.0. The molecule has 1 aromatic rings. The fraction of sp³-hybridized carbons (Fsp3) is 0.417. The number of hydrogen-bond donors (Lipinski definition) is 2. The highest BCUT2D eigenvalue weighted by Crippen LogP contribution is 2.14. The van der Waals surface area contributed by atoms with E-state index in [1.807, 2.05) is 32.2 Å². The van der Waals surface area contributed by atoms with Gasteiger partial charge in [0.1, 0.15) is 0 Å². The van der Waals surface area contributed by atoms with Gasteiger partial charge < -0.3 is 10.6 Å². The molecule has 0 aromatic heterocycles. The van der Waals surface area contributed by atoms with Crippen LogP contribution < -0.4 is 10.6 Å². The number of nitrogens with one attached hydrogen (secondary N) is 2. The Balaban J connectivity index is 2.43. The molecule has 0 radical (unpaired) electrons. The number of hydrogen-bond acceptors (Lipinski definition) is 2. The van der Waals surface area contributed by atoms with Gasteiger partial charge in [-0.1, -0.05) is 29.8 Å². The van der Waals surface area contributed by atoms with Crippen molar-refractivity contribution >= 4 is 17.5 Å². The Morgan fingerprint density at radius 3 is 2.75 bits per heavy atom. The molecule has 0 aliphatic rings. The Morgan fingerprint density at radius 2 is 2.12 bits per heavy atom. The molecule has 88 valence electrons. The summed E-state index contributed by atoms with van der Waals surface area (Å²) in [6.45, 7) is 2.63. The van der Waals surface area contributed by atoms with Gasteiger partial charge in [0, 0.05) is 17.6 Å². The minimum atomic E-state index is -0.00444. The maximum absolute atomic E-state index is 11.6. The fourth-order valence-electron chi connectivity index (χ4n) is 1.25. The van der Waals surface area contributed by atoms with E-state index in [1.54, 1.807) is 6.07 Å². The predicted octanol–water partition coefficient (Wildman–Crippen LogP) is 1.61. The number of halogens is 1. The number of carbonyl (C=O) groups excluding carboxylic acids is 1. The zero-order valence-corrected chi connectivity index (χ0v) is 10.3. The first kappa shape index (κ1) is 13.0. The molecule has 1 amide bonds. The van der Waals surface area contributed by atoms with Crippen LogP contribution in [-0.4, -0.2) is 25.5 Å². The van der Waals surface area contributed by atoms with Gasteiger partial charge in [-0.3, -0.25) is 4.79 Å². The van der Waals surface area contributed by atoms with E-state index < -0.39 is 0 Å². The van der Waals surface area contributed by atoms with Crippen LogP contribution in [0.4, 0.5) is 0 Å². The van der Waals surface area contributed by atoms with E-state index in [0.717, 1.165) is 5.56 Å². The molecule has 2 N–H and O–H groups in total. The lowest BCUT2D eigenvalue weighted by Crippen LogP contribution is -2.37. The normalized spacial score (nSPS) is 12.2. The summed E-state index contributed by atoms with van der Waals surface area (Å²) in [5.41, 5.74) is 0.860. The van der Waals surface area contributed by atoms with Crippen LogP contribution in [-0.2, 0) is 11.2 Å². The van der Waals surface area contributed by atoms with Gasteiger partial charge >= 0.3 is 0 Å². The zero-order valence-electron chi connectivity index (χ0n) is 9.59. The van der Waals surface area contributed by atoms with E-state index in [9.17, 15) is 4.79 Å². The maximum atomic E-state index is 11.6. The Morgan fingerprint density at radius 1 is 1.44 bits per heavy atom. The molecule has 0 aliphatic heterocycles. The Kier molecular flexibility index (Phi) is 5.29. The summed E-state index contributed by atoms with van der Waals surface area (Å²) in [5.74, 6) is -0.00444. The van der Waals surface area contributed by atoms with Crippen LogP contribution in [0.3, 0.4) is 0 Å². The average molecular weight is 241 g/mol. The lowest BCUT2D eigenvalue weighted by molar-refractivity contribution is -0.120. The third-order valence-electron chi connectivity index (χ3n) is 2.41. The van der Waals surface area contributed by atoms with E-state index in [-0.39, 0.29) is 11.9 Å². The summed E-state index contributed by atoms with van der Waals surface area (Å²) < 4.78 is 0. The molecule has 0 bridgehead atoms. The van der Waals surface area contributed by atoms with Crippen molar-refractivity contribution in [1.82, 2.24) is 10.6 Å². The molecule has 0 saturated heterocycles. The molecule has 1 atom stereocenters. The van der Waals surface area contributed by atoms with Crippen LogP contribution in [0.15, 0.2) is 24.3 Å². The van der Waals surface area contributed by atoms with Crippen molar-refractivity contribution in [3.05, 3.63) is 34.9 Å². The standard InChI is InChI=1S/C12H17ClN2O/c1-9(14-2)8-15-12(16)7-10-5-3-4-6-11(10)13/h3-6,9,14H,7-8H2,1-2H3,(H,15,16). The summed E-state index contributed by atoms with van der Waals surface area (Å²) in [4.78, 5) is 11.6. The van der Waals surface area contributed by atoms with Gasteiger partial charge in [0.05, 0.1) is 6.42 Å². The number of benzene rings is 1. The van der Waals surface area contributed by atoms with Crippen LogP contribution in [0.25, 0.3) is 0 Å². The number of likely N-dealkylation sites (N-methyl/N-ethyl adjacent to an activating group) is 1. The molecule has 0 fully saturated rings. The van der Waals surface area contributed by atoms with Crippen molar-refractivity contribution in [2.75, 3.05) is 13.6 Å². The Bertz CT molecular complexity index is 355. The van der Waals surface area contributed by atoms with E-state index in [0.29, 0.717) is 18.0 Å². The van der Waals surface area contributed by atoms with Crippen molar-refractivity contribution in [1.29, 1.82) is 0 Å². The summed E-state index contributed by atoms with van der Waals surface area (Å²) in [6.07, 6.45) is 0.329. The highest BCUT2D eigenvalue weighted by Gasteiger charge is 2.07. The second-order valence-corrected chi connectivity index (χ2v) is 4.17. The molecule has 1 aromatic carbocycles. The molecule has 1 unspecified atom stereocenters. The first-order chi connectivity index (χ1) is 7.63. The predicted molar refractivity (Wildman–Crippen MR) is 66.7 cm³/mol. The molecule has 16 heavy (non-hydrogen) atoms. The van der Waals surface area contributed by atoms with Crippen molar-refractivity contribution in [3.8, 4) is 0 Å². The third-order valence-corrected chi connectivity index (χ3v) is 2.78. The smallest absolute Gasteiger partial charge is 0.224 e. The summed E-state index contributed by atoms with van der Waals surface area (Å²) in [6, 6.07) is 7.66. The van der Waals surface area contributed by atoms with Crippen molar-refractivity contribution in [3.63, 3.8) is 0 Å². The van der Waals surface area contributed by atoms with Crippen LogP contribution in [0, 0.1) is 0 Å². The van der Waals surface area contributed by atoms with Gasteiger partial charge in [-0.25, -0.2) is 0 Å². The van der Waals surface area contributed by atoms with E-state index in [1.165, 1.54) is 0 Å². The van der Waals surface area contributed by atoms with Gasteiger partial charge in [0.15, 0.2) is 0 Å². The van der Waals surface area contributed by atoms with Gasteiger partial charge in [0.25, 0.3) is 0 Å². The monoisotopic (exact) mass is 240 g/mol. The number of rotatable bonds is 5. The molecule has 3 nitrogen and oxygen atoms in total. The molecule has 1 rings (SSSR count). The first-order valence-corrected chi connectivity index (χ1v) is 5.68. The van der Waals surface area contributed by atoms with E-state index >= 15 is 0 Å². The quantitative estimate of drug-likeness (QED) is 0.821. The van der Waals surface area contributed by atoms with Crippen LogP contribution in [0.2, 0.25) is 5.02 Å². The Hall–Kier alpha value is -1.06. The molecular weight excluding hydrogens is 224 g/mol. The van der Waals surface area contributed by atoms with Crippen LogP contribution in [0.5, 0.6) is 0 Å². The number of carbonyl (C=O) groups is 1. The van der Waals surface area contributed by atoms with E-state index in [4.69, 9.17) is 11.6 Å². The van der Waals surface area contributed by atoms with Crippen LogP contribution in [0.1, 0.15) is 12.5 Å². The molecule has 0 saturated carbocycles. The highest BCUT2D eigenvalue weighted by atomic mass is 35.5. The third kappa shape index (κ3) is 4.21. The molecular formula is C12H17ClN2O. The fourth-order valence-corrected chi connectivity index (χ4v) is 1.45. The topological polar surface area (TPSA) is 41.1 Å². The van der Waals surface area contributed by atoms with Crippen molar-refractivity contribution in [2.24, 2.45) is 0 Å². The molecule has 0 aliphatic carbocycles. The van der Waals surface area contributed by atoms with Gasteiger partial charge in [-0.2, -0.15) is 0 Å². The van der Waals surface area contributed by atoms with Gasteiger partial charge in [-0.15, -0.1) is 0 Å². The summed E-state index contributed by atoms with van der Waals surface area (Å²) in [5, 5.41) is 6.54. The van der Waals surface area contributed by atoms with Crippen molar-refractivity contribution in [2.45, 2.75) is 19.4 Å². The average Bonchev–Trinajstić information content (AvgIpc) is 2.29. The van der Waals surface area contributed by atoms with Gasteiger partial charge in [0.2, 0.25) is 5.91 Å². The molecule has 4 heteroatoms. The largest absolute Gasteiger partial charge is 0.354 e. The lowest BCUT2D eigenvalue weighted by atomic mass is 10.1. The van der Waals surface area contributed by atoms with Gasteiger partial charge in [-0.05, 0) is 25.6 Å². The summed E-state index contributed by atoms with van der Waals surface area (Å²) in [7, 11) is 1.87. The minimum Gasteiger partial charge on any atom is -0.354 e. The second kappa shape index (κ2) is 6.51. The minimum absolute atomic E-state index is 0.00444. The van der Waals surface area contributed by atoms with Crippen LogP contribution >= 0.6 is 11.6 Å².